The summed E-state index contributed by atoms with van der Waals surface area (Å²) in [5.74, 6) is 2.29. The van der Waals surface area contributed by atoms with Crippen molar-refractivity contribution in [1.82, 2.24) is 19.5 Å². The average Bonchev–Trinajstić information content (AvgIpc) is 3.11. The van der Waals surface area contributed by atoms with E-state index in [0.717, 1.165) is 35.3 Å². The first-order valence-electron chi connectivity index (χ1n) is 9.17. The molecule has 0 bridgehead atoms. The summed E-state index contributed by atoms with van der Waals surface area (Å²) in [6.07, 6.45) is 1.28. The molecule has 0 amide bonds. The van der Waals surface area contributed by atoms with Gasteiger partial charge in [-0.2, -0.15) is 9.61 Å². The van der Waals surface area contributed by atoms with Crippen LogP contribution in [0, 0.1) is 12.8 Å². The zero-order valence-electron chi connectivity index (χ0n) is 16.0. The van der Waals surface area contributed by atoms with Crippen LogP contribution in [0.4, 0.5) is 5.82 Å². The first-order chi connectivity index (χ1) is 11.3. The Morgan fingerprint density at radius 1 is 1.25 bits per heavy atom. The van der Waals surface area contributed by atoms with Crippen LogP contribution in [0.2, 0.25) is 0 Å². The van der Waals surface area contributed by atoms with Crippen molar-refractivity contribution in [2.75, 3.05) is 31.6 Å². The largest absolute Gasteiger partial charge is 0.359 e. The minimum absolute atomic E-state index is 0.417. The summed E-state index contributed by atoms with van der Waals surface area (Å²) < 4.78 is 2.00. The van der Waals surface area contributed by atoms with Crippen molar-refractivity contribution >= 4 is 11.5 Å². The summed E-state index contributed by atoms with van der Waals surface area (Å²) >= 11 is 0. The predicted molar refractivity (Wildman–Crippen MR) is 99.9 cm³/mol. The molecule has 0 aliphatic carbocycles. The second-order valence-electron chi connectivity index (χ2n) is 7.87. The molecule has 0 spiro atoms. The minimum atomic E-state index is 0.417. The van der Waals surface area contributed by atoms with Crippen LogP contribution in [0.1, 0.15) is 51.4 Å². The van der Waals surface area contributed by atoms with Gasteiger partial charge in [0.05, 0.1) is 5.69 Å². The molecule has 1 aliphatic rings. The first kappa shape index (κ1) is 17.2. The topological polar surface area (TPSA) is 36.7 Å². The van der Waals surface area contributed by atoms with Crippen LogP contribution in [0.3, 0.4) is 0 Å². The monoisotopic (exact) mass is 329 g/mol. The fourth-order valence-corrected chi connectivity index (χ4v) is 3.62. The Bertz CT molecular complexity index is 703. The molecule has 1 saturated heterocycles. The van der Waals surface area contributed by atoms with E-state index in [0.29, 0.717) is 12.0 Å². The molecule has 0 aromatic carbocycles. The number of anilines is 1. The molecular formula is C19H31N5. The van der Waals surface area contributed by atoms with Gasteiger partial charge >= 0.3 is 0 Å². The van der Waals surface area contributed by atoms with Gasteiger partial charge in [0.15, 0.2) is 5.65 Å². The summed E-state index contributed by atoms with van der Waals surface area (Å²) in [4.78, 5) is 9.72. The normalized spacial score (nSPS) is 19.1. The van der Waals surface area contributed by atoms with Gasteiger partial charge in [0.1, 0.15) is 5.82 Å². The van der Waals surface area contributed by atoms with Crippen molar-refractivity contribution in [1.29, 1.82) is 0 Å². The number of nitrogens with zero attached hydrogens (tertiary/aromatic N) is 5. The Hall–Kier alpha value is -1.62. The quantitative estimate of drug-likeness (QED) is 0.843. The molecule has 1 fully saturated rings. The van der Waals surface area contributed by atoms with Gasteiger partial charge < -0.3 is 9.80 Å². The second kappa shape index (κ2) is 6.71. The SMILES string of the molecule is Cc1cc2nc(C(C)C)cc(N(C)C[C@@H]3CCN(C(C)C)C3)n2n1. The fourth-order valence-electron chi connectivity index (χ4n) is 3.62. The Morgan fingerprint density at radius 3 is 2.62 bits per heavy atom. The Balaban J connectivity index is 1.85. The van der Waals surface area contributed by atoms with Crippen LogP contribution in [-0.4, -0.2) is 52.2 Å². The van der Waals surface area contributed by atoms with Crippen molar-refractivity contribution in [2.45, 2.75) is 53.0 Å². The summed E-state index contributed by atoms with van der Waals surface area (Å²) in [6.45, 7) is 14.5. The molecule has 3 rings (SSSR count). The summed E-state index contributed by atoms with van der Waals surface area (Å²) in [5, 5.41) is 4.65. The number of aryl methyl sites for hydroxylation is 1. The van der Waals surface area contributed by atoms with Crippen molar-refractivity contribution in [3.05, 3.63) is 23.5 Å². The van der Waals surface area contributed by atoms with Crippen LogP contribution < -0.4 is 4.90 Å². The zero-order chi connectivity index (χ0) is 17.4. The third-order valence-electron chi connectivity index (χ3n) is 5.11. The van der Waals surface area contributed by atoms with E-state index in [1.807, 2.05) is 11.4 Å². The second-order valence-corrected chi connectivity index (χ2v) is 7.87. The Morgan fingerprint density at radius 2 is 2.00 bits per heavy atom. The van der Waals surface area contributed by atoms with Crippen molar-refractivity contribution in [3.8, 4) is 0 Å². The lowest BCUT2D eigenvalue weighted by Crippen LogP contribution is -2.32. The smallest absolute Gasteiger partial charge is 0.157 e. The fraction of sp³-hybridized carbons (Fsp3) is 0.684. The third kappa shape index (κ3) is 3.41. The van der Waals surface area contributed by atoms with E-state index in [9.17, 15) is 0 Å². The highest BCUT2D eigenvalue weighted by molar-refractivity contribution is 5.52. The number of fused-ring (bicyclic) bond motifs is 1. The number of rotatable bonds is 5. The van der Waals surface area contributed by atoms with E-state index < -0.39 is 0 Å². The molecule has 1 atom stereocenters. The van der Waals surface area contributed by atoms with Gasteiger partial charge in [-0.25, -0.2) is 4.98 Å². The maximum atomic E-state index is 4.77. The van der Waals surface area contributed by atoms with E-state index in [1.54, 1.807) is 0 Å². The van der Waals surface area contributed by atoms with E-state index in [2.05, 4.69) is 61.8 Å². The molecule has 24 heavy (non-hydrogen) atoms. The molecule has 5 heteroatoms. The van der Waals surface area contributed by atoms with Crippen molar-refractivity contribution in [3.63, 3.8) is 0 Å². The number of hydrogen-bond donors (Lipinski definition) is 0. The maximum absolute atomic E-state index is 4.77. The van der Waals surface area contributed by atoms with Crippen LogP contribution in [0.25, 0.3) is 5.65 Å². The lowest BCUT2D eigenvalue weighted by atomic mass is 10.1. The third-order valence-corrected chi connectivity index (χ3v) is 5.11. The van der Waals surface area contributed by atoms with Gasteiger partial charge in [-0.3, -0.25) is 0 Å². The predicted octanol–water partition coefficient (Wildman–Crippen LogP) is 3.33. The molecule has 0 unspecified atom stereocenters. The highest BCUT2D eigenvalue weighted by Crippen LogP contribution is 2.25. The van der Waals surface area contributed by atoms with Crippen LogP contribution >= 0.6 is 0 Å². The van der Waals surface area contributed by atoms with Gasteiger partial charge in [-0.05, 0) is 45.6 Å². The lowest BCUT2D eigenvalue weighted by molar-refractivity contribution is 0.265. The lowest BCUT2D eigenvalue weighted by Gasteiger charge is -2.25. The van der Waals surface area contributed by atoms with Crippen LogP contribution in [-0.2, 0) is 0 Å². The Kier molecular flexibility index (Phi) is 4.81. The Labute approximate surface area is 145 Å². The molecule has 132 valence electrons. The molecule has 2 aromatic heterocycles. The average molecular weight is 329 g/mol. The van der Waals surface area contributed by atoms with Gasteiger partial charge in [-0.1, -0.05) is 13.8 Å². The van der Waals surface area contributed by atoms with E-state index in [-0.39, 0.29) is 0 Å². The summed E-state index contributed by atoms with van der Waals surface area (Å²) in [6, 6.07) is 4.92. The molecule has 2 aromatic rings. The van der Waals surface area contributed by atoms with Gasteiger partial charge in [0, 0.05) is 44.0 Å². The maximum Gasteiger partial charge on any atom is 0.157 e. The summed E-state index contributed by atoms with van der Waals surface area (Å²) in [5.41, 5.74) is 3.11. The number of aromatic nitrogens is 3. The molecule has 0 N–H and O–H groups in total. The molecule has 0 radical (unpaired) electrons. The highest BCUT2D eigenvalue weighted by atomic mass is 15.3. The van der Waals surface area contributed by atoms with Crippen molar-refractivity contribution in [2.24, 2.45) is 5.92 Å². The number of likely N-dealkylation sites (tertiary alicyclic amines) is 1. The standard InChI is InChI=1S/C19H31N5/c1-13(2)17-10-19(24-18(20-17)9-15(5)21-24)22(6)11-16-7-8-23(12-16)14(3)4/h9-10,13-14,16H,7-8,11-12H2,1-6H3/t16-/m0/s1. The molecule has 1 aliphatic heterocycles. The number of hydrogen-bond acceptors (Lipinski definition) is 4. The van der Waals surface area contributed by atoms with Gasteiger partial charge in [0.2, 0.25) is 0 Å². The van der Waals surface area contributed by atoms with Crippen molar-refractivity contribution < 1.29 is 0 Å². The zero-order valence-corrected chi connectivity index (χ0v) is 16.0. The van der Waals surface area contributed by atoms with E-state index in [4.69, 9.17) is 4.98 Å². The first-order valence-corrected chi connectivity index (χ1v) is 9.17. The summed E-state index contributed by atoms with van der Waals surface area (Å²) in [7, 11) is 2.19. The minimum Gasteiger partial charge on any atom is -0.359 e. The van der Waals surface area contributed by atoms with Gasteiger partial charge in [-0.15, -0.1) is 0 Å². The molecule has 3 heterocycles. The molecule has 5 nitrogen and oxygen atoms in total. The molecule has 0 saturated carbocycles. The van der Waals surface area contributed by atoms with Gasteiger partial charge in [0.25, 0.3) is 0 Å². The highest BCUT2D eigenvalue weighted by Gasteiger charge is 2.26. The van der Waals surface area contributed by atoms with Crippen LogP contribution in [0.15, 0.2) is 12.1 Å². The van der Waals surface area contributed by atoms with E-state index >= 15 is 0 Å². The van der Waals surface area contributed by atoms with E-state index in [1.165, 1.54) is 19.5 Å². The molecular weight excluding hydrogens is 298 g/mol. The van der Waals surface area contributed by atoms with Crippen LogP contribution in [0.5, 0.6) is 0 Å².